The van der Waals surface area contributed by atoms with Crippen molar-refractivity contribution in [3.8, 4) is 5.75 Å². The second-order valence-electron chi connectivity index (χ2n) is 4.07. The van der Waals surface area contributed by atoms with E-state index in [1.165, 1.54) is 12.1 Å². The topological polar surface area (TPSA) is 61.7 Å². The molecule has 0 aliphatic carbocycles. The minimum Gasteiger partial charge on any atom is -0.507 e. The van der Waals surface area contributed by atoms with Crippen LogP contribution in [0.15, 0.2) is 53.6 Å². The highest BCUT2D eigenvalue weighted by molar-refractivity contribution is 5.97. The zero-order chi connectivity index (χ0) is 13.7. The first-order chi connectivity index (χ1) is 9.18. The molecular weight excluding hydrogens is 240 g/mol. The maximum Gasteiger partial charge on any atom is 0.275 e. The molecule has 2 aromatic rings. The lowest BCUT2D eigenvalue weighted by Gasteiger charge is -2.02. The largest absolute Gasteiger partial charge is 0.507 e. The van der Waals surface area contributed by atoms with E-state index in [0.29, 0.717) is 0 Å². The zero-order valence-electron chi connectivity index (χ0n) is 10.5. The van der Waals surface area contributed by atoms with Crippen LogP contribution in [0.5, 0.6) is 5.75 Å². The van der Waals surface area contributed by atoms with Crippen LogP contribution in [-0.2, 0) is 0 Å². The lowest BCUT2D eigenvalue weighted by atomic mass is 10.1. The molecule has 0 spiro atoms. The van der Waals surface area contributed by atoms with Crippen LogP contribution in [0.1, 0.15) is 21.5 Å². The third-order valence-corrected chi connectivity index (χ3v) is 2.71. The lowest BCUT2D eigenvalue weighted by molar-refractivity contribution is 0.0952. The molecule has 4 heteroatoms. The summed E-state index contributed by atoms with van der Waals surface area (Å²) in [6.45, 7) is 1.96. The van der Waals surface area contributed by atoms with Crippen LogP contribution in [0.2, 0.25) is 0 Å². The van der Waals surface area contributed by atoms with Crippen molar-refractivity contribution in [3.05, 3.63) is 65.2 Å². The van der Waals surface area contributed by atoms with Crippen LogP contribution in [-0.4, -0.2) is 17.2 Å². The Morgan fingerprint density at radius 2 is 1.84 bits per heavy atom. The molecule has 2 aromatic carbocycles. The standard InChI is InChI=1S/C15H14N2O2/c1-11-6-2-3-7-12(11)10-16-17-15(19)13-8-4-5-9-14(13)18/h2-10,18H,1H3,(H,17,19)/b16-10-. The molecule has 96 valence electrons. The van der Waals surface area contributed by atoms with Crippen LogP contribution in [0.25, 0.3) is 0 Å². The molecule has 0 heterocycles. The number of amides is 1. The van der Waals surface area contributed by atoms with E-state index in [9.17, 15) is 9.90 Å². The maximum absolute atomic E-state index is 11.8. The summed E-state index contributed by atoms with van der Waals surface area (Å²) in [6, 6.07) is 14.0. The number of carbonyl (C=O) groups is 1. The molecule has 0 unspecified atom stereocenters. The summed E-state index contributed by atoms with van der Waals surface area (Å²) in [4.78, 5) is 11.8. The van der Waals surface area contributed by atoms with Crippen molar-refractivity contribution in [2.75, 3.05) is 0 Å². The Kier molecular flexibility index (Phi) is 3.93. The Morgan fingerprint density at radius 3 is 2.58 bits per heavy atom. The molecule has 4 nitrogen and oxygen atoms in total. The molecule has 0 saturated heterocycles. The van der Waals surface area contributed by atoms with E-state index in [4.69, 9.17) is 0 Å². The maximum atomic E-state index is 11.8. The van der Waals surface area contributed by atoms with E-state index in [0.717, 1.165) is 11.1 Å². The Labute approximate surface area is 111 Å². The molecule has 2 rings (SSSR count). The summed E-state index contributed by atoms with van der Waals surface area (Å²) >= 11 is 0. The van der Waals surface area contributed by atoms with Gasteiger partial charge in [0.2, 0.25) is 0 Å². The molecule has 0 bridgehead atoms. The average molecular weight is 254 g/mol. The molecule has 0 fully saturated rings. The first kappa shape index (κ1) is 12.8. The predicted molar refractivity (Wildman–Crippen MR) is 74.3 cm³/mol. The summed E-state index contributed by atoms with van der Waals surface area (Å²) < 4.78 is 0. The SMILES string of the molecule is Cc1ccccc1/C=N\NC(=O)c1ccccc1O. The fourth-order valence-electron chi connectivity index (χ4n) is 1.62. The number of nitrogens with zero attached hydrogens (tertiary/aromatic N) is 1. The number of aryl methyl sites for hydroxylation is 1. The highest BCUT2D eigenvalue weighted by Gasteiger charge is 2.08. The van der Waals surface area contributed by atoms with Crippen LogP contribution >= 0.6 is 0 Å². The van der Waals surface area contributed by atoms with E-state index >= 15 is 0 Å². The molecule has 0 aromatic heterocycles. The van der Waals surface area contributed by atoms with Gasteiger partial charge in [0.1, 0.15) is 5.75 Å². The molecular formula is C15H14N2O2. The number of phenols is 1. The Morgan fingerprint density at radius 1 is 1.16 bits per heavy atom. The van der Waals surface area contributed by atoms with Crippen molar-refractivity contribution < 1.29 is 9.90 Å². The number of benzene rings is 2. The zero-order valence-corrected chi connectivity index (χ0v) is 10.5. The number of hydrogen-bond donors (Lipinski definition) is 2. The summed E-state index contributed by atoms with van der Waals surface area (Å²) in [6.07, 6.45) is 1.58. The van der Waals surface area contributed by atoms with Crippen LogP contribution in [0.3, 0.4) is 0 Å². The van der Waals surface area contributed by atoms with Gasteiger partial charge in [-0.05, 0) is 30.2 Å². The third kappa shape index (κ3) is 3.19. The van der Waals surface area contributed by atoms with Gasteiger partial charge in [0, 0.05) is 0 Å². The second kappa shape index (κ2) is 5.82. The number of phenolic OH excluding ortho intramolecular Hbond substituents is 1. The van der Waals surface area contributed by atoms with Crippen molar-refractivity contribution in [2.45, 2.75) is 6.92 Å². The van der Waals surface area contributed by atoms with Crippen molar-refractivity contribution in [2.24, 2.45) is 5.10 Å². The number of rotatable bonds is 3. The molecule has 2 N–H and O–H groups in total. The summed E-state index contributed by atoms with van der Waals surface area (Å²) in [7, 11) is 0. The minimum absolute atomic E-state index is 0.0638. The number of carbonyl (C=O) groups excluding carboxylic acids is 1. The van der Waals surface area contributed by atoms with E-state index in [-0.39, 0.29) is 11.3 Å². The number of aromatic hydroxyl groups is 1. The monoisotopic (exact) mass is 254 g/mol. The molecule has 19 heavy (non-hydrogen) atoms. The minimum atomic E-state index is -0.442. The van der Waals surface area contributed by atoms with E-state index in [2.05, 4.69) is 10.5 Å². The smallest absolute Gasteiger partial charge is 0.275 e. The number of hydrazone groups is 1. The van der Waals surface area contributed by atoms with Gasteiger partial charge in [0.05, 0.1) is 11.8 Å². The van der Waals surface area contributed by atoms with Gasteiger partial charge in [0.15, 0.2) is 0 Å². The van der Waals surface area contributed by atoms with Crippen LogP contribution in [0.4, 0.5) is 0 Å². The van der Waals surface area contributed by atoms with Crippen molar-refractivity contribution in [1.82, 2.24) is 5.43 Å². The van der Waals surface area contributed by atoms with Crippen molar-refractivity contribution >= 4 is 12.1 Å². The number of hydrogen-bond acceptors (Lipinski definition) is 3. The van der Waals surface area contributed by atoms with Gasteiger partial charge in [0.25, 0.3) is 5.91 Å². The van der Waals surface area contributed by atoms with Crippen LogP contribution in [0, 0.1) is 6.92 Å². The first-order valence-electron chi connectivity index (χ1n) is 5.85. The summed E-state index contributed by atoms with van der Waals surface area (Å²) in [5.41, 5.74) is 4.59. The average Bonchev–Trinajstić information content (AvgIpc) is 2.41. The van der Waals surface area contributed by atoms with Gasteiger partial charge in [-0.3, -0.25) is 4.79 Å². The Bertz CT molecular complexity index is 621. The number of para-hydroxylation sites is 1. The lowest BCUT2D eigenvalue weighted by Crippen LogP contribution is -2.17. The molecule has 0 aliphatic rings. The van der Waals surface area contributed by atoms with Crippen molar-refractivity contribution in [3.63, 3.8) is 0 Å². The fourth-order valence-corrected chi connectivity index (χ4v) is 1.62. The summed E-state index contributed by atoms with van der Waals surface area (Å²) in [5.74, 6) is -0.506. The van der Waals surface area contributed by atoms with Gasteiger partial charge in [-0.15, -0.1) is 0 Å². The first-order valence-corrected chi connectivity index (χ1v) is 5.85. The van der Waals surface area contributed by atoms with Crippen molar-refractivity contribution in [1.29, 1.82) is 0 Å². The summed E-state index contributed by atoms with van der Waals surface area (Å²) in [5, 5.41) is 13.4. The second-order valence-corrected chi connectivity index (χ2v) is 4.07. The van der Waals surface area contributed by atoms with Gasteiger partial charge in [-0.1, -0.05) is 36.4 Å². The normalized spacial score (nSPS) is 10.6. The molecule has 0 aliphatic heterocycles. The highest BCUT2D eigenvalue weighted by Crippen LogP contribution is 2.14. The molecule has 0 saturated carbocycles. The van der Waals surface area contributed by atoms with Crippen LogP contribution < -0.4 is 5.43 Å². The van der Waals surface area contributed by atoms with Gasteiger partial charge in [-0.25, -0.2) is 5.43 Å². The van der Waals surface area contributed by atoms with Gasteiger partial charge < -0.3 is 5.11 Å². The fraction of sp³-hybridized carbons (Fsp3) is 0.0667. The van der Waals surface area contributed by atoms with E-state index in [1.807, 2.05) is 31.2 Å². The Balaban J connectivity index is 2.06. The molecule has 0 radical (unpaired) electrons. The van der Waals surface area contributed by atoms with Gasteiger partial charge in [-0.2, -0.15) is 5.10 Å². The highest BCUT2D eigenvalue weighted by atomic mass is 16.3. The Hall–Kier alpha value is -2.62. The molecule has 1 amide bonds. The quantitative estimate of drug-likeness (QED) is 0.653. The number of nitrogens with one attached hydrogen (secondary N) is 1. The van der Waals surface area contributed by atoms with E-state index in [1.54, 1.807) is 18.3 Å². The van der Waals surface area contributed by atoms with E-state index < -0.39 is 5.91 Å². The third-order valence-electron chi connectivity index (χ3n) is 2.71. The van der Waals surface area contributed by atoms with Gasteiger partial charge >= 0.3 is 0 Å². The molecule has 0 atom stereocenters. The predicted octanol–water partition coefficient (Wildman–Crippen LogP) is 2.46.